The van der Waals surface area contributed by atoms with Crippen LogP contribution in [0.2, 0.25) is 0 Å². The standard InChI is InChI=1S/C24H35N3O4S/c1-2-32(28,29)21-8-6-17(7-9-21)15-30-16-20-14-22(20)18-10-12-27(13-11-18)24-25-23(26-31-24)19-4-3-5-19/h6-8,18-22H,2-5,9-16H2,1H3/t20-,21?,22+/m0/s1. The Bertz CT molecular complexity index is 958. The second kappa shape index (κ2) is 9.29. The Morgan fingerprint density at radius 2 is 2.03 bits per heavy atom. The predicted molar refractivity (Wildman–Crippen MR) is 123 cm³/mol. The number of anilines is 1. The molecule has 3 aliphatic carbocycles. The molecule has 176 valence electrons. The van der Waals surface area contributed by atoms with E-state index in [-0.39, 0.29) is 11.0 Å². The van der Waals surface area contributed by atoms with Crippen LogP contribution in [0.4, 0.5) is 6.01 Å². The van der Waals surface area contributed by atoms with Gasteiger partial charge in [-0.05, 0) is 61.9 Å². The molecule has 0 aromatic carbocycles. The Morgan fingerprint density at radius 3 is 2.69 bits per heavy atom. The minimum Gasteiger partial charge on any atom is -0.376 e. The van der Waals surface area contributed by atoms with E-state index in [0.29, 0.717) is 30.9 Å². The van der Waals surface area contributed by atoms with Crippen LogP contribution in [-0.4, -0.2) is 55.9 Å². The third-order valence-electron chi connectivity index (χ3n) is 7.90. The zero-order valence-corrected chi connectivity index (χ0v) is 19.8. The maximum atomic E-state index is 12.0. The van der Waals surface area contributed by atoms with Crippen LogP contribution in [0.25, 0.3) is 0 Å². The van der Waals surface area contributed by atoms with Gasteiger partial charge in [-0.25, -0.2) is 8.42 Å². The van der Waals surface area contributed by atoms with Crippen molar-refractivity contribution in [2.45, 2.75) is 63.0 Å². The van der Waals surface area contributed by atoms with E-state index < -0.39 is 9.84 Å². The van der Waals surface area contributed by atoms with Gasteiger partial charge in [0, 0.05) is 24.8 Å². The second-order valence-corrected chi connectivity index (χ2v) is 12.4. The summed E-state index contributed by atoms with van der Waals surface area (Å²) in [5.74, 6) is 3.82. The van der Waals surface area contributed by atoms with Gasteiger partial charge in [0.2, 0.25) is 0 Å². The summed E-state index contributed by atoms with van der Waals surface area (Å²) in [6, 6.07) is 0.712. The lowest BCUT2D eigenvalue weighted by molar-refractivity contribution is 0.137. The molecule has 7 nitrogen and oxygen atoms in total. The molecule has 0 spiro atoms. The first-order valence-corrected chi connectivity index (χ1v) is 14.0. The fourth-order valence-electron chi connectivity index (χ4n) is 5.31. The molecule has 8 heteroatoms. The Labute approximate surface area is 191 Å². The van der Waals surface area contributed by atoms with Crippen molar-refractivity contribution in [3.63, 3.8) is 0 Å². The van der Waals surface area contributed by atoms with Gasteiger partial charge in [-0.2, -0.15) is 4.98 Å². The molecule has 1 aromatic rings. The summed E-state index contributed by atoms with van der Waals surface area (Å²) in [7, 11) is -3.00. The van der Waals surface area contributed by atoms with E-state index in [1.54, 1.807) is 6.92 Å². The van der Waals surface area contributed by atoms with E-state index in [9.17, 15) is 8.42 Å². The first-order chi connectivity index (χ1) is 15.5. The first kappa shape index (κ1) is 22.1. The topological polar surface area (TPSA) is 85.5 Å². The molecule has 32 heavy (non-hydrogen) atoms. The Balaban J connectivity index is 1.00. The van der Waals surface area contributed by atoms with E-state index in [1.165, 1.54) is 38.5 Å². The van der Waals surface area contributed by atoms with Crippen molar-refractivity contribution in [2.24, 2.45) is 17.8 Å². The van der Waals surface area contributed by atoms with Gasteiger partial charge in [0.05, 0.1) is 18.5 Å². The van der Waals surface area contributed by atoms with Gasteiger partial charge in [-0.3, -0.25) is 0 Å². The van der Waals surface area contributed by atoms with Crippen molar-refractivity contribution < 1.29 is 17.7 Å². The van der Waals surface area contributed by atoms with Crippen LogP contribution in [0.1, 0.15) is 63.6 Å². The molecule has 0 amide bonds. The molecule has 1 unspecified atom stereocenters. The van der Waals surface area contributed by atoms with Crippen molar-refractivity contribution in [3.05, 3.63) is 29.6 Å². The molecule has 3 fully saturated rings. The van der Waals surface area contributed by atoms with Crippen molar-refractivity contribution in [1.82, 2.24) is 10.1 Å². The van der Waals surface area contributed by atoms with Crippen LogP contribution in [-0.2, 0) is 14.6 Å². The van der Waals surface area contributed by atoms with Gasteiger partial charge >= 0.3 is 6.01 Å². The second-order valence-electron chi connectivity index (χ2n) is 9.93. The summed E-state index contributed by atoms with van der Waals surface area (Å²) in [5.41, 5.74) is 1.10. The summed E-state index contributed by atoms with van der Waals surface area (Å²) in [5, 5.41) is 3.83. The van der Waals surface area contributed by atoms with Crippen LogP contribution in [0.15, 0.2) is 28.3 Å². The molecule has 2 heterocycles. The molecule has 1 aliphatic heterocycles. The van der Waals surface area contributed by atoms with Gasteiger partial charge in [0.1, 0.15) is 0 Å². The zero-order valence-electron chi connectivity index (χ0n) is 19.0. The van der Waals surface area contributed by atoms with E-state index in [0.717, 1.165) is 42.9 Å². The van der Waals surface area contributed by atoms with Gasteiger partial charge in [-0.15, -0.1) is 0 Å². The fourth-order valence-corrected chi connectivity index (χ4v) is 6.44. The first-order valence-electron chi connectivity index (χ1n) is 12.3. The minimum absolute atomic E-state index is 0.195. The number of ether oxygens (including phenoxy) is 1. The Morgan fingerprint density at radius 1 is 1.22 bits per heavy atom. The maximum Gasteiger partial charge on any atom is 0.324 e. The van der Waals surface area contributed by atoms with Crippen molar-refractivity contribution in [3.8, 4) is 0 Å². The van der Waals surface area contributed by atoms with Crippen LogP contribution in [0.3, 0.4) is 0 Å². The summed E-state index contributed by atoms with van der Waals surface area (Å²) in [6.45, 7) is 5.10. The quantitative estimate of drug-likeness (QED) is 0.551. The van der Waals surface area contributed by atoms with E-state index in [4.69, 9.17) is 9.26 Å². The van der Waals surface area contributed by atoms with Gasteiger partial charge in [0.15, 0.2) is 15.7 Å². The molecule has 3 atom stereocenters. The Kier molecular flexibility index (Phi) is 6.43. The highest BCUT2D eigenvalue weighted by molar-refractivity contribution is 7.92. The Hall–Kier alpha value is -1.67. The maximum absolute atomic E-state index is 12.0. The molecule has 1 aromatic heterocycles. The smallest absolute Gasteiger partial charge is 0.324 e. The zero-order chi connectivity index (χ0) is 22.1. The highest BCUT2D eigenvalue weighted by atomic mass is 32.2. The van der Waals surface area contributed by atoms with Crippen molar-refractivity contribution >= 4 is 15.9 Å². The highest BCUT2D eigenvalue weighted by Gasteiger charge is 2.44. The number of allylic oxidation sites excluding steroid dienone is 1. The SMILES string of the molecule is CCS(=O)(=O)C1C=CC(COC[C@@H]2C[C@@H]2C2CCN(c3nc(C4CCC4)no3)CC2)=CC1. The minimum atomic E-state index is -3.00. The average Bonchev–Trinajstić information content (AvgIpc) is 3.39. The van der Waals surface area contributed by atoms with Gasteiger partial charge in [-0.1, -0.05) is 36.7 Å². The normalized spacial score (nSPS) is 29.1. The average molecular weight is 462 g/mol. The summed E-state index contributed by atoms with van der Waals surface area (Å²) >= 11 is 0. The lowest BCUT2D eigenvalue weighted by Gasteiger charge is -2.31. The molecular weight excluding hydrogens is 426 g/mol. The predicted octanol–water partition coefficient (Wildman–Crippen LogP) is 3.90. The summed E-state index contributed by atoms with van der Waals surface area (Å²) in [6.07, 6.45) is 13.6. The molecule has 0 bridgehead atoms. The number of hydrogen-bond donors (Lipinski definition) is 0. The van der Waals surface area contributed by atoms with E-state index in [2.05, 4.69) is 15.0 Å². The highest BCUT2D eigenvalue weighted by Crippen LogP contribution is 2.48. The lowest BCUT2D eigenvalue weighted by Crippen LogP contribution is -2.34. The molecule has 5 rings (SSSR count). The van der Waals surface area contributed by atoms with Gasteiger partial charge < -0.3 is 14.2 Å². The largest absolute Gasteiger partial charge is 0.376 e. The van der Waals surface area contributed by atoms with Crippen molar-refractivity contribution in [2.75, 3.05) is 37.0 Å². The van der Waals surface area contributed by atoms with E-state index in [1.807, 2.05) is 18.2 Å². The number of hydrogen-bond acceptors (Lipinski definition) is 7. The van der Waals surface area contributed by atoms with Crippen LogP contribution in [0.5, 0.6) is 0 Å². The number of aromatic nitrogens is 2. The molecule has 4 aliphatic rings. The molecule has 1 saturated heterocycles. The van der Waals surface area contributed by atoms with Crippen LogP contribution < -0.4 is 4.90 Å². The monoisotopic (exact) mass is 461 g/mol. The third-order valence-corrected chi connectivity index (χ3v) is 9.97. The summed E-state index contributed by atoms with van der Waals surface area (Å²) in [4.78, 5) is 6.91. The van der Waals surface area contributed by atoms with Crippen molar-refractivity contribution in [1.29, 1.82) is 0 Å². The van der Waals surface area contributed by atoms with Crippen LogP contribution in [0, 0.1) is 17.8 Å². The summed E-state index contributed by atoms with van der Waals surface area (Å²) < 4.78 is 35.5. The molecule has 0 N–H and O–H groups in total. The number of sulfone groups is 1. The molecule has 2 saturated carbocycles. The lowest BCUT2D eigenvalue weighted by atomic mass is 9.85. The molecule has 0 radical (unpaired) electrons. The third kappa shape index (κ3) is 4.81. The van der Waals surface area contributed by atoms with E-state index >= 15 is 0 Å². The fraction of sp³-hybridized carbons (Fsp3) is 0.750. The van der Waals surface area contributed by atoms with Gasteiger partial charge in [0.25, 0.3) is 0 Å². The van der Waals surface area contributed by atoms with Crippen LogP contribution >= 0.6 is 0 Å². The number of nitrogens with zero attached hydrogens (tertiary/aromatic N) is 3. The number of rotatable bonds is 9. The molecular formula is C24H35N3O4S. The number of piperidine rings is 1.